The van der Waals surface area contributed by atoms with Crippen molar-refractivity contribution in [3.05, 3.63) is 61.3 Å². The van der Waals surface area contributed by atoms with Gasteiger partial charge in [0.15, 0.2) is 0 Å². The Bertz CT molecular complexity index is 214. The second-order valence-corrected chi connectivity index (χ2v) is 2.26. The molecule has 0 aromatic rings. The lowest BCUT2D eigenvalue weighted by atomic mass is 10.2. The standard InChI is InChI=1S/C11H14/c1-5-7-8-11(4)9-10(3)6-2/h5-9H,1-2,4H2,3H3/b8-7-,10-9-. The van der Waals surface area contributed by atoms with E-state index in [2.05, 4.69) is 19.7 Å². The molecule has 0 aromatic carbocycles. The molecular formula is C11H14. The molecule has 0 atom stereocenters. The van der Waals surface area contributed by atoms with Gasteiger partial charge in [-0.2, -0.15) is 0 Å². The van der Waals surface area contributed by atoms with Crippen LogP contribution in [0.15, 0.2) is 61.3 Å². The van der Waals surface area contributed by atoms with Crippen molar-refractivity contribution in [2.75, 3.05) is 0 Å². The van der Waals surface area contributed by atoms with Crippen molar-refractivity contribution in [2.45, 2.75) is 6.92 Å². The summed E-state index contributed by atoms with van der Waals surface area (Å²) in [5, 5.41) is 0. The second-order valence-electron chi connectivity index (χ2n) is 2.26. The smallest absolute Gasteiger partial charge is 0.0326 e. The van der Waals surface area contributed by atoms with Crippen molar-refractivity contribution >= 4 is 0 Å². The molecule has 0 fully saturated rings. The van der Waals surface area contributed by atoms with Crippen molar-refractivity contribution in [3.63, 3.8) is 0 Å². The van der Waals surface area contributed by atoms with E-state index >= 15 is 0 Å². The van der Waals surface area contributed by atoms with Crippen LogP contribution < -0.4 is 0 Å². The second kappa shape index (κ2) is 5.48. The van der Waals surface area contributed by atoms with E-state index in [9.17, 15) is 0 Å². The van der Waals surface area contributed by atoms with E-state index in [1.54, 1.807) is 12.2 Å². The van der Waals surface area contributed by atoms with Crippen LogP contribution in [-0.2, 0) is 0 Å². The van der Waals surface area contributed by atoms with Crippen molar-refractivity contribution in [1.82, 2.24) is 0 Å². The maximum Gasteiger partial charge on any atom is -0.0326 e. The van der Waals surface area contributed by atoms with Crippen molar-refractivity contribution < 1.29 is 0 Å². The van der Waals surface area contributed by atoms with Gasteiger partial charge >= 0.3 is 0 Å². The normalized spacial score (nSPS) is 11.5. The molecule has 0 aromatic heterocycles. The summed E-state index contributed by atoms with van der Waals surface area (Å²) in [6.45, 7) is 13.0. The largest absolute Gasteiger partial charge is 0.0991 e. The summed E-state index contributed by atoms with van der Waals surface area (Å²) >= 11 is 0. The highest BCUT2D eigenvalue weighted by atomic mass is 13.9. The number of rotatable bonds is 4. The van der Waals surface area contributed by atoms with Crippen LogP contribution in [0, 0.1) is 0 Å². The lowest BCUT2D eigenvalue weighted by molar-refractivity contribution is 1.51. The summed E-state index contributed by atoms with van der Waals surface area (Å²) in [6, 6.07) is 0. The Morgan fingerprint density at radius 1 is 1.27 bits per heavy atom. The Labute approximate surface area is 68.9 Å². The lowest BCUT2D eigenvalue weighted by Crippen LogP contribution is -1.70. The van der Waals surface area contributed by atoms with Gasteiger partial charge in [0.05, 0.1) is 0 Å². The molecule has 0 heteroatoms. The lowest BCUT2D eigenvalue weighted by Gasteiger charge is -1.90. The quantitative estimate of drug-likeness (QED) is 0.533. The van der Waals surface area contributed by atoms with E-state index in [-0.39, 0.29) is 0 Å². The molecule has 0 N–H and O–H groups in total. The Hall–Kier alpha value is -1.30. The van der Waals surface area contributed by atoms with Crippen LogP contribution in [0.2, 0.25) is 0 Å². The molecule has 0 aliphatic heterocycles. The molecule has 11 heavy (non-hydrogen) atoms. The third kappa shape index (κ3) is 5.16. The van der Waals surface area contributed by atoms with Crippen LogP contribution in [0.4, 0.5) is 0 Å². The third-order valence-electron chi connectivity index (χ3n) is 1.18. The number of hydrogen-bond donors (Lipinski definition) is 0. The molecule has 0 aliphatic rings. The fourth-order valence-electron chi connectivity index (χ4n) is 0.591. The fourth-order valence-corrected chi connectivity index (χ4v) is 0.591. The van der Waals surface area contributed by atoms with E-state index in [4.69, 9.17) is 0 Å². The van der Waals surface area contributed by atoms with Gasteiger partial charge in [0.25, 0.3) is 0 Å². The van der Waals surface area contributed by atoms with Crippen LogP contribution in [0.1, 0.15) is 6.92 Å². The van der Waals surface area contributed by atoms with Gasteiger partial charge in [0.1, 0.15) is 0 Å². The Kier molecular flexibility index (Phi) is 4.83. The van der Waals surface area contributed by atoms with Gasteiger partial charge in [-0.25, -0.2) is 0 Å². The van der Waals surface area contributed by atoms with Crippen LogP contribution in [0.3, 0.4) is 0 Å². The van der Waals surface area contributed by atoms with Gasteiger partial charge in [0, 0.05) is 0 Å². The molecule has 0 amide bonds. The van der Waals surface area contributed by atoms with Gasteiger partial charge in [-0.3, -0.25) is 0 Å². The predicted octanol–water partition coefficient (Wildman–Crippen LogP) is 3.42. The molecule has 0 bridgehead atoms. The van der Waals surface area contributed by atoms with Gasteiger partial charge < -0.3 is 0 Å². The number of hydrogen-bond acceptors (Lipinski definition) is 0. The molecule has 0 saturated heterocycles. The predicted molar refractivity (Wildman–Crippen MR) is 52.4 cm³/mol. The van der Waals surface area contributed by atoms with E-state index in [1.807, 2.05) is 25.2 Å². The fraction of sp³-hybridized carbons (Fsp3) is 0.0909. The summed E-state index contributed by atoms with van der Waals surface area (Å²) in [5.74, 6) is 0. The highest BCUT2D eigenvalue weighted by Crippen LogP contribution is 2.01. The Morgan fingerprint density at radius 3 is 2.36 bits per heavy atom. The van der Waals surface area contributed by atoms with Gasteiger partial charge in [-0.05, 0) is 12.5 Å². The average Bonchev–Trinajstić information content (AvgIpc) is 2.00. The van der Waals surface area contributed by atoms with Gasteiger partial charge in [-0.1, -0.05) is 55.7 Å². The van der Waals surface area contributed by atoms with Crippen molar-refractivity contribution in [1.29, 1.82) is 0 Å². The topological polar surface area (TPSA) is 0 Å². The van der Waals surface area contributed by atoms with Gasteiger partial charge in [-0.15, -0.1) is 0 Å². The van der Waals surface area contributed by atoms with Crippen LogP contribution >= 0.6 is 0 Å². The SMILES string of the molecule is C=C/C=C\C(=C)/C=C(/C)C=C. The van der Waals surface area contributed by atoms with Crippen molar-refractivity contribution in [3.8, 4) is 0 Å². The molecule has 0 spiro atoms. The minimum absolute atomic E-state index is 0.960. The molecular weight excluding hydrogens is 132 g/mol. The first-order valence-electron chi connectivity index (χ1n) is 3.49. The van der Waals surface area contributed by atoms with E-state index in [0.717, 1.165) is 11.1 Å². The molecule has 0 heterocycles. The molecule has 0 rings (SSSR count). The van der Waals surface area contributed by atoms with E-state index in [1.165, 1.54) is 0 Å². The number of allylic oxidation sites excluding steroid dienone is 7. The third-order valence-corrected chi connectivity index (χ3v) is 1.18. The van der Waals surface area contributed by atoms with Crippen LogP contribution in [0.25, 0.3) is 0 Å². The Morgan fingerprint density at radius 2 is 1.91 bits per heavy atom. The summed E-state index contributed by atoms with van der Waals surface area (Å²) in [6.07, 6.45) is 9.25. The molecule has 58 valence electrons. The summed E-state index contributed by atoms with van der Waals surface area (Å²) < 4.78 is 0. The first-order chi connectivity index (χ1) is 5.20. The molecule has 0 radical (unpaired) electrons. The molecule has 0 nitrogen and oxygen atoms in total. The summed E-state index contributed by atoms with van der Waals surface area (Å²) in [4.78, 5) is 0. The first kappa shape index (κ1) is 9.70. The highest BCUT2D eigenvalue weighted by molar-refractivity contribution is 5.34. The molecule has 0 saturated carbocycles. The minimum Gasteiger partial charge on any atom is -0.0991 e. The van der Waals surface area contributed by atoms with E-state index in [0.29, 0.717) is 0 Å². The van der Waals surface area contributed by atoms with E-state index < -0.39 is 0 Å². The zero-order valence-electron chi connectivity index (χ0n) is 7.01. The Balaban J connectivity index is 4.17. The zero-order valence-corrected chi connectivity index (χ0v) is 7.01. The average molecular weight is 146 g/mol. The maximum atomic E-state index is 3.82. The van der Waals surface area contributed by atoms with Crippen molar-refractivity contribution in [2.24, 2.45) is 0 Å². The summed E-state index contributed by atoms with van der Waals surface area (Å²) in [7, 11) is 0. The maximum absolute atomic E-state index is 3.82. The van der Waals surface area contributed by atoms with Crippen LogP contribution in [-0.4, -0.2) is 0 Å². The van der Waals surface area contributed by atoms with Gasteiger partial charge in [0.2, 0.25) is 0 Å². The highest BCUT2D eigenvalue weighted by Gasteiger charge is 1.81. The van der Waals surface area contributed by atoms with Crippen LogP contribution in [0.5, 0.6) is 0 Å². The minimum atomic E-state index is 0.960. The first-order valence-corrected chi connectivity index (χ1v) is 3.49. The zero-order chi connectivity index (χ0) is 8.69. The molecule has 0 unspecified atom stereocenters. The molecule has 0 aliphatic carbocycles. The monoisotopic (exact) mass is 146 g/mol. The summed E-state index contributed by atoms with van der Waals surface area (Å²) in [5.41, 5.74) is 2.08.